The van der Waals surface area contributed by atoms with E-state index in [4.69, 9.17) is 14.2 Å². The average Bonchev–Trinajstić information content (AvgIpc) is 3.56. The number of carbonyl (C=O) groups is 4. The summed E-state index contributed by atoms with van der Waals surface area (Å²) in [7, 11) is 1.21. The first-order valence-corrected chi connectivity index (χ1v) is 13.5. The van der Waals surface area contributed by atoms with Crippen LogP contribution >= 0.6 is 0 Å². The maximum absolute atomic E-state index is 13.9. The van der Waals surface area contributed by atoms with Crippen LogP contribution in [-0.4, -0.2) is 58.1 Å². The number of H-pyrrole nitrogens is 1. The quantitative estimate of drug-likeness (QED) is 0.187. The van der Waals surface area contributed by atoms with Gasteiger partial charge >= 0.3 is 18.2 Å². The van der Waals surface area contributed by atoms with Gasteiger partial charge < -0.3 is 24.5 Å². The zero-order valence-corrected chi connectivity index (χ0v) is 23.6. The summed E-state index contributed by atoms with van der Waals surface area (Å²) in [6.45, 7) is -0.307. The highest BCUT2D eigenvalue weighted by molar-refractivity contribution is 5.96. The van der Waals surface area contributed by atoms with Gasteiger partial charge in [0.05, 0.1) is 13.4 Å². The van der Waals surface area contributed by atoms with Crippen LogP contribution in [-0.2, 0) is 49.9 Å². The minimum Gasteiger partial charge on any atom is -0.467 e. The van der Waals surface area contributed by atoms with Gasteiger partial charge in [-0.15, -0.1) is 0 Å². The molecule has 2 unspecified atom stereocenters. The highest BCUT2D eigenvalue weighted by Gasteiger charge is 2.39. The van der Waals surface area contributed by atoms with Crippen molar-refractivity contribution >= 4 is 24.1 Å². The van der Waals surface area contributed by atoms with Crippen molar-refractivity contribution in [2.45, 2.75) is 38.1 Å². The fourth-order valence-electron chi connectivity index (χ4n) is 4.27. The fourth-order valence-corrected chi connectivity index (χ4v) is 4.27. The van der Waals surface area contributed by atoms with Crippen molar-refractivity contribution < 1.29 is 33.4 Å². The predicted molar refractivity (Wildman–Crippen MR) is 155 cm³/mol. The van der Waals surface area contributed by atoms with Crippen LogP contribution < -0.4 is 5.32 Å². The standard InChI is InChI=1S/C32H32N4O7/c1-41-30(38)27(17-23-11-5-2-6-12-23)35-29(37)28(18-26-19-33-22-34-26)36(31(39)42-20-24-13-7-3-8-14-24)32(40)43-21-25-15-9-4-10-16-25/h2-16,19,22,27-28H,17-18,20-21H2,1H3,(H,33,34)(H,35,37). The van der Waals surface area contributed by atoms with Gasteiger partial charge in [0.1, 0.15) is 25.3 Å². The van der Waals surface area contributed by atoms with Crippen LogP contribution in [0.15, 0.2) is 104 Å². The zero-order valence-electron chi connectivity index (χ0n) is 23.6. The molecule has 43 heavy (non-hydrogen) atoms. The van der Waals surface area contributed by atoms with Gasteiger partial charge in [-0.2, -0.15) is 4.90 Å². The third kappa shape index (κ3) is 9.02. The number of carbonyl (C=O) groups excluding carboxylic acids is 4. The number of hydrogen-bond donors (Lipinski definition) is 2. The normalized spacial score (nSPS) is 11.9. The number of rotatable bonds is 12. The van der Waals surface area contributed by atoms with Crippen molar-refractivity contribution in [3.05, 3.63) is 126 Å². The number of hydrogen-bond acceptors (Lipinski definition) is 8. The van der Waals surface area contributed by atoms with Gasteiger partial charge in [-0.05, 0) is 16.7 Å². The Bertz CT molecular complexity index is 1410. The first-order chi connectivity index (χ1) is 20.9. The second-order valence-corrected chi connectivity index (χ2v) is 9.52. The number of benzene rings is 3. The molecule has 0 aliphatic carbocycles. The molecule has 4 rings (SSSR count). The molecule has 2 N–H and O–H groups in total. The Hall–Kier alpha value is -5.45. The third-order valence-electron chi connectivity index (χ3n) is 6.47. The number of imidazole rings is 1. The van der Waals surface area contributed by atoms with Crippen LogP contribution in [0.25, 0.3) is 0 Å². The number of amides is 3. The highest BCUT2D eigenvalue weighted by Crippen LogP contribution is 2.16. The van der Waals surface area contributed by atoms with Crippen molar-refractivity contribution in [1.82, 2.24) is 20.2 Å². The molecular weight excluding hydrogens is 552 g/mol. The van der Waals surface area contributed by atoms with E-state index in [0.29, 0.717) is 21.7 Å². The Kier molecular flexibility index (Phi) is 11.0. The first-order valence-electron chi connectivity index (χ1n) is 13.5. The topological polar surface area (TPSA) is 140 Å². The van der Waals surface area contributed by atoms with Crippen molar-refractivity contribution in [2.75, 3.05) is 7.11 Å². The molecule has 11 heteroatoms. The number of nitrogens with one attached hydrogen (secondary N) is 2. The van der Waals surface area contributed by atoms with Gasteiger partial charge in [0.2, 0.25) is 5.91 Å². The summed E-state index contributed by atoms with van der Waals surface area (Å²) < 4.78 is 15.9. The molecule has 0 spiro atoms. The molecule has 0 aliphatic heterocycles. The first kappa shape index (κ1) is 30.5. The molecule has 0 bridgehead atoms. The molecule has 0 saturated heterocycles. The minimum atomic E-state index is -1.48. The maximum Gasteiger partial charge on any atom is 0.420 e. The lowest BCUT2D eigenvalue weighted by Crippen LogP contribution is -2.56. The minimum absolute atomic E-state index is 0.118. The number of nitrogens with zero attached hydrogens (tertiary/aromatic N) is 2. The van der Waals surface area contributed by atoms with Gasteiger partial charge in [-0.3, -0.25) is 4.79 Å². The molecule has 0 radical (unpaired) electrons. The van der Waals surface area contributed by atoms with E-state index in [0.717, 1.165) is 5.56 Å². The molecule has 0 fully saturated rings. The molecule has 4 aromatic rings. The van der Waals surface area contributed by atoms with E-state index in [1.807, 2.05) is 18.2 Å². The van der Waals surface area contributed by atoms with Crippen molar-refractivity contribution in [3.63, 3.8) is 0 Å². The zero-order chi connectivity index (χ0) is 30.4. The lowest BCUT2D eigenvalue weighted by Gasteiger charge is -2.29. The summed E-state index contributed by atoms with van der Waals surface area (Å²) in [5.41, 5.74) is 2.58. The number of aromatic amines is 1. The summed E-state index contributed by atoms with van der Waals surface area (Å²) in [4.78, 5) is 61.1. The van der Waals surface area contributed by atoms with E-state index < -0.39 is 36.1 Å². The van der Waals surface area contributed by atoms with Crippen molar-refractivity contribution in [1.29, 1.82) is 0 Å². The molecule has 1 aromatic heterocycles. The Balaban J connectivity index is 1.62. The van der Waals surface area contributed by atoms with Gasteiger partial charge in [0, 0.05) is 24.7 Å². The maximum atomic E-state index is 13.9. The van der Waals surface area contributed by atoms with Crippen LogP contribution in [0.2, 0.25) is 0 Å². The summed E-state index contributed by atoms with van der Waals surface area (Å²) in [5, 5.41) is 2.66. The van der Waals surface area contributed by atoms with Gasteiger partial charge in [0.25, 0.3) is 0 Å². The average molecular weight is 585 g/mol. The third-order valence-corrected chi connectivity index (χ3v) is 6.47. The van der Waals surface area contributed by atoms with Crippen molar-refractivity contribution in [2.24, 2.45) is 0 Å². The molecule has 3 aromatic carbocycles. The van der Waals surface area contributed by atoms with Gasteiger partial charge in [0.15, 0.2) is 0 Å². The number of imide groups is 1. The fraction of sp³-hybridized carbons (Fsp3) is 0.219. The SMILES string of the molecule is COC(=O)C(Cc1ccccc1)NC(=O)C(Cc1cnc[nH]1)N(C(=O)OCc1ccccc1)C(=O)OCc1ccccc1. The number of esters is 1. The monoisotopic (exact) mass is 584 g/mol. The Labute approximate surface area is 248 Å². The van der Waals surface area contributed by atoms with Crippen molar-refractivity contribution in [3.8, 4) is 0 Å². The molecule has 222 valence electrons. The molecule has 0 saturated carbocycles. The second kappa shape index (κ2) is 15.5. The highest BCUT2D eigenvalue weighted by atomic mass is 16.6. The summed E-state index contributed by atoms with van der Waals surface area (Å²) in [6, 6.07) is 24.2. The smallest absolute Gasteiger partial charge is 0.420 e. The van der Waals surface area contributed by atoms with Gasteiger partial charge in [-0.1, -0.05) is 91.0 Å². The summed E-state index contributed by atoms with van der Waals surface area (Å²) >= 11 is 0. The Morgan fingerprint density at radius 1 is 0.767 bits per heavy atom. The molecular formula is C32H32N4O7. The van der Waals surface area contributed by atoms with E-state index in [2.05, 4.69) is 15.3 Å². The molecule has 0 aliphatic rings. The second-order valence-electron chi connectivity index (χ2n) is 9.52. The Morgan fingerprint density at radius 2 is 1.28 bits per heavy atom. The van der Waals surface area contributed by atoms with E-state index in [1.54, 1.807) is 72.8 Å². The lowest BCUT2D eigenvalue weighted by molar-refractivity contribution is -0.145. The number of ether oxygens (including phenoxy) is 3. The summed E-state index contributed by atoms with van der Waals surface area (Å²) in [5.74, 6) is -1.49. The molecule has 2 atom stereocenters. The number of methoxy groups -OCH3 is 1. The van der Waals surface area contributed by atoms with Gasteiger partial charge in [-0.25, -0.2) is 19.4 Å². The number of aromatic nitrogens is 2. The summed E-state index contributed by atoms with van der Waals surface area (Å²) in [6.07, 6.45) is 0.630. The van der Waals surface area contributed by atoms with E-state index in [9.17, 15) is 19.2 Å². The molecule has 1 heterocycles. The van der Waals surface area contributed by atoms with Crippen LogP contribution in [0.3, 0.4) is 0 Å². The van der Waals surface area contributed by atoms with Crippen LogP contribution in [0.1, 0.15) is 22.4 Å². The van der Waals surface area contributed by atoms with Crippen LogP contribution in [0, 0.1) is 0 Å². The lowest BCUT2D eigenvalue weighted by atomic mass is 10.0. The Morgan fingerprint density at radius 3 is 1.74 bits per heavy atom. The molecule has 11 nitrogen and oxygen atoms in total. The largest absolute Gasteiger partial charge is 0.467 e. The van der Waals surface area contributed by atoms with E-state index >= 15 is 0 Å². The molecule has 3 amide bonds. The van der Waals surface area contributed by atoms with E-state index in [-0.39, 0.29) is 26.1 Å². The van der Waals surface area contributed by atoms with Crippen LogP contribution in [0.5, 0.6) is 0 Å². The predicted octanol–water partition coefficient (Wildman–Crippen LogP) is 4.20. The van der Waals surface area contributed by atoms with E-state index in [1.165, 1.54) is 19.6 Å². The van der Waals surface area contributed by atoms with Crippen LogP contribution in [0.4, 0.5) is 9.59 Å².